The monoisotopic (exact) mass is 102 g/mol. The maximum absolute atomic E-state index is 3.49. The molecule has 0 radical (unpaired) electrons. The van der Waals surface area contributed by atoms with E-state index < -0.39 is 0 Å². The Morgan fingerprint density at radius 3 is 2.17 bits per heavy atom. The molecule has 0 aromatic rings. The Labute approximate surface area is 38.5 Å². The summed E-state index contributed by atoms with van der Waals surface area (Å²) in [7, 11) is -0.230. The predicted molar refractivity (Wildman–Crippen MR) is 29.3 cm³/mol. The third kappa shape index (κ3) is 0.244. The number of hydrogen-bond acceptors (Lipinski definition) is 1. The standard InChI is InChI=1S/C4H9NP/c1-4-5-6(4)2-3-6/h4-5H,2-3H2,1H3/q+1. The van der Waals surface area contributed by atoms with E-state index in [1.165, 1.54) is 0 Å². The fraction of sp³-hybridized carbons (Fsp3) is 1.00. The summed E-state index contributed by atoms with van der Waals surface area (Å²) in [6.07, 6.45) is 3.10. The smallest absolute Gasteiger partial charge is 0.150 e. The van der Waals surface area contributed by atoms with Crippen LogP contribution >= 0.6 is 7.41 Å². The van der Waals surface area contributed by atoms with Crippen LogP contribution in [0.15, 0.2) is 0 Å². The van der Waals surface area contributed by atoms with Crippen LogP contribution in [0.1, 0.15) is 6.92 Å². The highest BCUT2D eigenvalue weighted by atomic mass is 31.2. The number of rotatable bonds is 0. The van der Waals surface area contributed by atoms with Crippen LogP contribution < -0.4 is 5.09 Å². The lowest BCUT2D eigenvalue weighted by Crippen LogP contribution is -1.72. The second kappa shape index (κ2) is 0.677. The maximum atomic E-state index is 3.49. The molecule has 2 saturated heterocycles. The zero-order valence-corrected chi connectivity index (χ0v) is 4.83. The largest absolute Gasteiger partial charge is 0.162 e. The molecule has 1 spiro atoms. The van der Waals surface area contributed by atoms with E-state index in [2.05, 4.69) is 12.0 Å². The lowest BCUT2D eigenvalue weighted by Gasteiger charge is -1.57. The highest BCUT2D eigenvalue weighted by molar-refractivity contribution is 7.87. The quantitative estimate of drug-likeness (QED) is 0.356. The normalized spacial score (nSPS) is 46.5. The fourth-order valence-corrected chi connectivity index (χ4v) is 4.02. The molecule has 0 saturated carbocycles. The van der Waals surface area contributed by atoms with Crippen LogP contribution in [0.3, 0.4) is 0 Å². The van der Waals surface area contributed by atoms with E-state index in [0.29, 0.717) is 0 Å². The Balaban J connectivity index is 2.17. The predicted octanol–water partition coefficient (Wildman–Crippen LogP) is 0.882. The van der Waals surface area contributed by atoms with Crippen molar-refractivity contribution in [2.45, 2.75) is 12.7 Å². The molecule has 1 nitrogen and oxygen atoms in total. The van der Waals surface area contributed by atoms with Gasteiger partial charge in [0.15, 0.2) is 5.78 Å². The van der Waals surface area contributed by atoms with E-state index in [0.717, 1.165) is 5.78 Å². The van der Waals surface area contributed by atoms with Crippen molar-refractivity contribution in [1.29, 1.82) is 0 Å². The topological polar surface area (TPSA) is 21.9 Å². The van der Waals surface area contributed by atoms with Gasteiger partial charge in [0, 0.05) is 0 Å². The van der Waals surface area contributed by atoms with Crippen molar-refractivity contribution < 1.29 is 0 Å². The van der Waals surface area contributed by atoms with Crippen LogP contribution in [0.25, 0.3) is 0 Å². The van der Waals surface area contributed by atoms with Crippen LogP contribution in [0, 0.1) is 0 Å². The molecule has 2 heterocycles. The van der Waals surface area contributed by atoms with Gasteiger partial charge in [0.25, 0.3) is 0 Å². The molecule has 2 aliphatic heterocycles. The molecule has 1 unspecified atom stereocenters. The Morgan fingerprint density at radius 2 is 2.17 bits per heavy atom. The Bertz CT molecular complexity index is 87.5. The van der Waals surface area contributed by atoms with Crippen molar-refractivity contribution in [2.24, 2.45) is 0 Å². The zero-order chi connectivity index (χ0) is 4.20. The van der Waals surface area contributed by atoms with Crippen molar-refractivity contribution in [3.05, 3.63) is 0 Å². The molecule has 2 fully saturated rings. The van der Waals surface area contributed by atoms with Gasteiger partial charge >= 0.3 is 0 Å². The van der Waals surface area contributed by atoms with Crippen molar-refractivity contribution in [2.75, 3.05) is 12.3 Å². The molecule has 2 rings (SSSR count). The van der Waals surface area contributed by atoms with Crippen molar-refractivity contribution >= 4 is 7.41 Å². The summed E-state index contributed by atoms with van der Waals surface area (Å²) < 4.78 is 0. The third-order valence-electron chi connectivity index (χ3n) is 1.82. The fourth-order valence-electron chi connectivity index (χ4n) is 0.963. The maximum Gasteiger partial charge on any atom is 0.162 e. The van der Waals surface area contributed by atoms with Crippen molar-refractivity contribution in [1.82, 2.24) is 5.09 Å². The van der Waals surface area contributed by atoms with Crippen molar-refractivity contribution in [3.63, 3.8) is 0 Å². The molecule has 34 valence electrons. The van der Waals surface area contributed by atoms with Gasteiger partial charge in [0.2, 0.25) is 0 Å². The van der Waals surface area contributed by atoms with Crippen molar-refractivity contribution in [3.8, 4) is 0 Å². The molecule has 0 aromatic carbocycles. The molecule has 0 aliphatic carbocycles. The molecule has 0 aromatic heterocycles. The van der Waals surface area contributed by atoms with Crippen LogP contribution in [0.5, 0.6) is 0 Å². The van der Waals surface area contributed by atoms with E-state index in [9.17, 15) is 0 Å². The summed E-state index contributed by atoms with van der Waals surface area (Å²) >= 11 is 0. The van der Waals surface area contributed by atoms with E-state index in [1.807, 2.05) is 0 Å². The summed E-state index contributed by atoms with van der Waals surface area (Å²) in [5.74, 6) is 0.970. The molecule has 6 heavy (non-hydrogen) atoms. The van der Waals surface area contributed by atoms with Gasteiger partial charge in [-0.25, -0.2) is 0 Å². The average molecular weight is 102 g/mol. The minimum absolute atomic E-state index is 0.230. The van der Waals surface area contributed by atoms with Gasteiger partial charge in [0.05, 0.1) is 0 Å². The molecule has 1 atom stereocenters. The first-order valence-corrected chi connectivity index (χ1v) is 4.71. The van der Waals surface area contributed by atoms with Gasteiger partial charge in [-0.2, -0.15) is 5.09 Å². The first-order chi connectivity index (χ1) is 2.83. The molecule has 0 amide bonds. The highest BCUT2D eigenvalue weighted by Gasteiger charge is 2.71. The SMILES string of the molecule is CC1N[P+]12CC2. The Hall–Kier alpha value is 0.390. The lowest BCUT2D eigenvalue weighted by molar-refractivity contribution is 1.09. The highest BCUT2D eigenvalue weighted by Crippen LogP contribution is 2.83. The van der Waals surface area contributed by atoms with Gasteiger partial charge in [-0.3, -0.25) is 0 Å². The first kappa shape index (κ1) is 3.40. The summed E-state index contributed by atoms with van der Waals surface area (Å²) in [5, 5.41) is 3.49. The first-order valence-electron chi connectivity index (χ1n) is 2.48. The summed E-state index contributed by atoms with van der Waals surface area (Å²) in [6.45, 7) is 2.31. The summed E-state index contributed by atoms with van der Waals surface area (Å²) in [5.41, 5.74) is 0. The van der Waals surface area contributed by atoms with Gasteiger partial charge in [0.1, 0.15) is 19.7 Å². The van der Waals surface area contributed by atoms with E-state index in [1.54, 1.807) is 12.3 Å². The molecule has 0 bridgehead atoms. The molecule has 1 N–H and O–H groups in total. The minimum atomic E-state index is -0.230. The molecular weight excluding hydrogens is 93.0 g/mol. The average Bonchev–Trinajstić information content (AvgIpc) is 2.25. The second-order valence-corrected chi connectivity index (χ2v) is 6.28. The van der Waals surface area contributed by atoms with Gasteiger partial charge in [-0.15, -0.1) is 0 Å². The van der Waals surface area contributed by atoms with Crippen LogP contribution in [-0.2, 0) is 0 Å². The second-order valence-electron chi connectivity index (χ2n) is 2.29. The summed E-state index contributed by atoms with van der Waals surface area (Å²) in [4.78, 5) is 0. The van der Waals surface area contributed by atoms with Gasteiger partial charge in [-0.05, 0) is 6.92 Å². The number of nitrogens with one attached hydrogen (secondary N) is 1. The minimum Gasteiger partial charge on any atom is -0.150 e. The van der Waals surface area contributed by atoms with Crippen LogP contribution in [0.2, 0.25) is 0 Å². The molecule has 2 heteroatoms. The van der Waals surface area contributed by atoms with Crippen LogP contribution in [-0.4, -0.2) is 18.1 Å². The van der Waals surface area contributed by atoms with Crippen LogP contribution in [0.4, 0.5) is 0 Å². The van der Waals surface area contributed by atoms with E-state index in [-0.39, 0.29) is 7.41 Å². The third-order valence-corrected chi connectivity index (χ3v) is 5.47. The van der Waals surface area contributed by atoms with E-state index in [4.69, 9.17) is 0 Å². The summed E-state index contributed by atoms with van der Waals surface area (Å²) in [6, 6.07) is 0. The van der Waals surface area contributed by atoms with E-state index >= 15 is 0 Å². The Kier molecular flexibility index (Phi) is 0.383. The molecular formula is C4H9NP+. The lowest BCUT2D eigenvalue weighted by atomic mass is 10.8. The zero-order valence-electron chi connectivity index (χ0n) is 3.94. The van der Waals surface area contributed by atoms with Gasteiger partial charge < -0.3 is 0 Å². The van der Waals surface area contributed by atoms with Gasteiger partial charge in [-0.1, -0.05) is 0 Å². The number of hydrogen-bond donors (Lipinski definition) is 1. The molecule has 2 aliphatic rings. The Morgan fingerprint density at radius 1 is 1.67 bits per heavy atom.